The van der Waals surface area contributed by atoms with E-state index < -0.39 is 0 Å². The summed E-state index contributed by atoms with van der Waals surface area (Å²) >= 11 is 5.80. The highest BCUT2D eigenvalue weighted by Gasteiger charge is 2.03. The number of benzene rings is 2. The fourth-order valence-electron chi connectivity index (χ4n) is 1.55. The summed E-state index contributed by atoms with van der Waals surface area (Å²) in [6.45, 7) is 0. The first-order chi connectivity index (χ1) is 9.17. The van der Waals surface area contributed by atoms with Gasteiger partial charge in [-0.1, -0.05) is 23.7 Å². The average molecular weight is 277 g/mol. The number of rotatable bonds is 4. The zero-order valence-electron chi connectivity index (χ0n) is 10.4. The van der Waals surface area contributed by atoms with Crippen molar-refractivity contribution in [3.63, 3.8) is 0 Å². The molecule has 0 N–H and O–H groups in total. The molecule has 0 aliphatic rings. The van der Waals surface area contributed by atoms with Gasteiger partial charge in [-0.15, -0.1) is 0 Å². The van der Waals surface area contributed by atoms with Crippen LogP contribution in [-0.4, -0.2) is 13.1 Å². The van der Waals surface area contributed by atoms with E-state index in [4.69, 9.17) is 16.3 Å². The number of carbonyl (C=O) groups excluding carboxylic acids is 1. The van der Waals surface area contributed by atoms with E-state index in [0.29, 0.717) is 16.5 Å². The third kappa shape index (κ3) is 4.00. The lowest BCUT2D eigenvalue weighted by molar-refractivity contribution is -0.139. The molecule has 2 rings (SSSR count). The number of esters is 1. The Labute approximate surface area is 116 Å². The van der Waals surface area contributed by atoms with Crippen molar-refractivity contribution in [1.29, 1.82) is 0 Å². The summed E-state index contributed by atoms with van der Waals surface area (Å²) < 4.78 is 10.3. The predicted molar refractivity (Wildman–Crippen MR) is 73.7 cm³/mol. The molecule has 0 fully saturated rings. The topological polar surface area (TPSA) is 35.5 Å². The largest absolute Gasteiger partial charge is 0.469 e. The van der Waals surface area contributed by atoms with E-state index in [1.54, 1.807) is 24.3 Å². The molecule has 19 heavy (non-hydrogen) atoms. The SMILES string of the molecule is COC(=O)Cc1ccc(Oc2ccc(Cl)cc2)cc1. The number of halogens is 1. The van der Waals surface area contributed by atoms with Gasteiger partial charge in [-0.25, -0.2) is 0 Å². The number of hydrogen-bond donors (Lipinski definition) is 0. The first kappa shape index (κ1) is 13.4. The molecule has 3 nitrogen and oxygen atoms in total. The zero-order valence-corrected chi connectivity index (χ0v) is 11.2. The molecule has 0 aliphatic carbocycles. The Morgan fingerprint density at radius 3 is 2.05 bits per heavy atom. The van der Waals surface area contributed by atoms with Gasteiger partial charge in [0.25, 0.3) is 0 Å². The van der Waals surface area contributed by atoms with Gasteiger partial charge in [-0.05, 0) is 42.0 Å². The van der Waals surface area contributed by atoms with E-state index in [9.17, 15) is 4.79 Å². The van der Waals surface area contributed by atoms with Crippen LogP contribution in [0.4, 0.5) is 0 Å². The standard InChI is InChI=1S/C15H13ClO3/c1-18-15(17)10-11-2-6-13(7-3-11)19-14-8-4-12(16)5-9-14/h2-9H,10H2,1H3. The van der Waals surface area contributed by atoms with Gasteiger partial charge in [0.15, 0.2) is 0 Å². The number of carbonyl (C=O) groups is 1. The fraction of sp³-hybridized carbons (Fsp3) is 0.133. The third-order valence-electron chi connectivity index (χ3n) is 2.55. The molecule has 0 bridgehead atoms. The maximum absolute atomic E-state index is 11.1. The van der Waals surface area contributed by atoms with E-state index >= 15 is 0 Å². The molecule has 0 spiro atoms. The lowest BCUT2D eigenvalue weighted by atomic mass is 10.1. The van der Waals surface area contributed by atoms with Crippen molar-refractivity contribution in [3.8, 4) is 11.5 Å². The van der Waals surface area contributed by atoms with Crippen LogP contribution in [0, 0.1) is 0 Å². The Kier molecular flexibility index (Phi) is 4.42. The first-order valence-corrected chi connectivity index (χ1v) is 6.14. The second-order valence-corrected chi connectivity index (χ2v) is 4.39. The van der Waals surface area contributed by atoms with Gasteiger partial charge in [-0.2, -0.15) is 0 Å². The van der Waals surface area contributed by atoms with Gasteiger partial charge in [-0.3, -0.25) is 4.79 Å². The average Bonchev–Trinajstić information content (AvgIpc) is 2.43. The van der Waals surface area contributed by atoms with Gasteiger partial charge in [0.05, 0.1) is 13.5 Å². The second-order valence-electron chi connectivity index (χ2n) is 3.95. The Balaban J connectivity index is 2.02. The van der Waals surface area contributed by atoms with Gasteiger partial charge < -0.3 is 9.47 Å². The Bertz CT molecular complexity index is 547. The molecular formula is C15H13ClO3. The van der Waals surface area contributed by atoms with Crippen molar-refractivity contribution in [2.24, 2.45) is 0 Å². The normalized spacial score (nSPS) is 10.0. The lowest BCUT2D eigenvalue weighted by Gasteiger charge is -2.06. The third-order valence-corrected chi connectivity index (χ3v) is 2.80. The minimum Gasteiger partial charge on any atom is -0.469 e. The molecule has 0 saturated heterocycles. The quantitative estimate of drug-likeness (QED) is 0.796. The van der Waals surface area contributed by atoms with Crippen molar-refractivity contribution >= 4 is 17.6 Å². The minimum absolute atomic E-state index is 0.258. The predicted octanol–water partition coefficient (Wildman–Crippen LogP) is 3.85. The van der Waals surface area contributed by atoms with E-state index in [2.05, 4.69) is 4.74 Å². The summed E-state index contributed by atoms with van der Waals surface area (Å²) in [6.07, 6.45) is 0.262. The van der Waals surface area contributed by atoms with Crippen LogP contribution in [0.1, 0.15) is 5.56 Å². The maximum atomic E-state index is 11.1. The summed E-state index contributed by atoms with van der Waals surface area (Å²) in [6, 6.07) is 14.4. The van der Waals surface area contributed by atoms with E-state index in [0.717, 1.165) is 5.56 Å². The molecule has 4 heteroatoms. The van der Waals surface area contributed by atoms with Gasteiger partial charge in [0.2, 0.25) is 0 Å². The van der Waals surface area contributed by atoms with Gasteiger partial charge in [0, 0.05) is 5.02 Å². The molecule has 2 aromatic rings. The molecule has 0 heterocycles. The van der Waals surface area contributed by atoms with Crippen molar-refractivity contribution in [3.05, 3.63) is 59.1 Å². The van der Waals surface area contributed by atoms with Crippen LogP contribution in [0.2, 0.25) is 5.02 Å². The summed E-state index contributed by atoms with van der Waals surface area (Å²) in [7, 11) is 1.38. The van der Waals surface area contributed by atoms with Crippen LogP contribution in [0.25, 0.3) is 0 Å². The van der Waals surface area contributed by atoms with Gasteiger partial charge >= 0.3 is 5.97 Å². The number of hydrogen-bond acceptors (Lipinski definition) is 3. The van der Waals surface area contributed by atoms with Crippen LogP contribution in [0.5, 0.6) is 11.5 Å². The first-order valence-electron chi connectivity index (χ1n) is 5.76. The van der Waals surface area contributed by atoms with Crippen LogP contribution in [-0.2, 0) is 16.0 Å². The summed E-state index contributed by atoms with van der Waals surface area (Å²) in [5.74, 6) is 1.16. The van der Waals surface area contributed by atoms with Crippen molar-refractivity contribution < 1.29 is 14.3 Å². The lowest BCUT2D eigenvalue weighted by Crippen LogP contribution is -2.04. The monoisotopic (exact) mass is 276 g/mol. The van der Waals surface area contributed by atoms with E-state index in [-0.39, 0.29) is 12.4 Å². The fourth-order valence-corrected chi connectivity index (χ4v) is 1.68. The smallest absolute Gasteiger partial charge is 0.309 e. The molecule has 2 aromatic carbocycles. The van der Waals surface area contributed by atoms with Crippen molar-refractivity contribution in [2.45, 2.75) is 6.42 Å². The number of ether oxygens (including phenoxy) is 2. The van der Waals surface area contributed by atoms with Gasteiger partial charge in [0.1, 0.15) is 11.5 Å². The Hall–Kier alpha value is -2.00. The molecule has 0 radical (unpaired) electrons. The van der Waals surface area contributed by atoms with Crippen LogP contribution in [0.15, 0.2) is 48.5 Å². The highest BCUT2D eigenvalue weighted by atomic mass is 35.5. The Morgan fingerprint density at radius 1 is 1.00 bits per heavy atom. The Morgan fingerprint density at radius 2 is 1.53 bits per heavy atom. The minimum atomic E-state index is -0.258. The molecule has 0 atom stereocenters. The summed E-state index contributed by atoms with van der Waals surface area (Å²) in [4.78, 5) is 11.1. The second kappa shape index (κ2) is 6.25. The molecule has 0 aliphatic heterocycles. The molecule has 0 saturated carbocycles. The molecule has 0 unspecified atom stereocenters. The van der Waals surface area contributed by atoms with E-state index in [1.807, 2.05) is 24.3 Å². The van der Waals surface area contributed by atoms with Crippen LogP contribution < -0.4 is 4.74 Å². The summed E-state index contributed by atoms with van der Waals surface area (Å²) in [5.41, 5.74) is 0.885. The highest BCUT2D eigenvalue weighted by Crippen LogP contribution is 2.23. The van der Waals surface area contributed by atoms with Crippen molar-refractivity contribution in [1.82, 2.24) is 0 Å². The van der Waals surface area contributed by atoms with Crippen molar-refractivity contribution in [2.75, 3.05) is 7.11 Å². The molecular weight excluding hydrogens is 264 g/mol. The van der Waals surface area contributed by atoms with E-state index in [1.165, 1.54) is 7.11 Å². The molecule has 0 amide bonds. The van der Waals surface area contributed by atoms with Crippen LogP contribution in [0.3, 0.4) is 0 Å². The number of methoxy groups -OCH3 is 1. The maximum Gasteiger partial charge on any atom is 0.309 e. The molecule has 98 valence electrons. The molecule has 0 aromatic heterocycles. The highest BCUT2D eigenvalue weighted by molar-refractivity contribution is 6.30. The van der Waals surface area contributed by atoms with Crippen LogP contribution >= 0.6 is 11.6 Å². The zero-order chi connectivity index (χ0) is 13.7. The summed E-state index contributed by atoms with van der Waals surface area (Å²) in [5, 5.41) is 0.667.